The SMILES string of the molecule is Cc1cc(S(=O)Cc2ccn(C(C)C)n2)ccc1N. The van der Waals surface area contributed by atoms with Gasteiger partial charge in [0, 0.05) is 22.8 Å². The lowest BCUT2D eigenvalue weighted by molar-refractivity contribution is 0.528. The van der Waals surface area contributed by atoms with E-state index in [0.717, 1.165) is 21.8 Å². The highest BCUT2D eigenvalue weighted by molar-refractivity contribution is 7.84. The molecule has 2 aromatic rings. The molecule has 4 nitrogen and oxygen atoms in total. The third kappa shape index (κ3) is 3.23. The van der Waals surface area contributed by atoms with Crippen molar-refractivity contribution in [3.8, 4) is 0 Å². The molecule has 0 aliphatic carbocycles. The number of anilines is 1. The van der Waals surface area contributed by atoms with Gasteiger partial charge in [-0.2, -0.15) is 5.10 Å². The first kappa shape index (κ1) is 13.8. The normalized spacial score (nSPS) is 12.8. The first-order chi connectivity index (χ1) is 8.97. The van der Waals surface area contributed by atoms with Crippen LogP contribution in [0.4, 0.5) is 5.69 Å². The molecule has 0 radical (unpaired) electrons. The average Bonchev–Trinajstić information content (AvgIpc) is 2.81. The molecular formula is C14H19N3OS. The maximum atomic E-state index is 12.3. The van der Waals surface area contributed by atoms with E-state index in [9.17, 15) is 4.21 Å². The summed E-state index contributed by atoms with van der Waals surface area (Å²) in [5.74, 6) is 0.434. The molecule has 0 aliphatic heterocycles. The van der Waals surface area contributed by atoms with Crippen molar-refractivity contribution in [2.75, 3.05) is 5.73 Å². The molecule has 0 fully saturated rings. The Labute approximate surface area is 116 Å². The lowest BCUT2D eigenvalue weighted by Crippen LogP contribution is -2.03. The maximum Gasteiger partial charge on any atom is 0.0753 e. The lowest BCUT2D eigenvalue weighted by atomic mass is 10.2. The number of aromatic nitrogens is 2. The largest absolute Gasteiger partial charge is 0.399 e. The Morgan fingerprint density at radius 2 is 2.11 bits per heavy atom. The second kappa shape index (κ2) is 5.57. The van der Waals surface area contributed by atoms with Crippen LogP contribution >= 0.6 is 0 Å². The number of nitrogens with zero attached hydrogens (tertiary/aromatic N) is 2. The van der Waals surface area contributed by atoms with Gasteiger partial charge in [0.1, 0.15) is 0 Å². The number of nitrogens with two attached hydrogens (primary N) is 1. The predicted molar refractivity (Wildman–Crippen MR) is 78.3 cm³/mol. The Morgan fingerprint density at radius 3 is 2.68 bits per heavy atom. The van der Waals surface area contributed by atoms with Crippen molar-refractivity contribution in [2.45, 2.75) is 37.5 Å². The van der Waals surface area contributed by atoms with Crippen LogP contribution in [-0.2, 0) is 16.6 Å². The average molecular weight is 277 g/mol. The van der Waals surface area contributed by atoms with E-state index in [1.807, 2.05) is 36.0 Å². The van der Waals surface area contributed by atoms with Gasteiger partial charge in [-0.25, -0.2) is 0 Å². The van der Waals surface area contributed by atoms with E-state index < -0.39 is 10.8 Å². The molecule has 1 heterocycles. The van der Waals surface area contributed by atoms with Gasteiger partial charge in [-0.05, 0) is 50.6 Å². The van der Waals surface area contributed by atoms with Gasteiger partial charge in [0.15, 0.2) is 0 Å². The van der Waals surface area contributed by atoms with E-state index in [0.29, 0.717) is 11.8 Å². The minimum Gasteiger partial charge on any atom is -0.399 e. The molecule has 1 aromatic carbocycles. The molecule has 2 rings (SSSR count). The highest BCUT2D eigenvalue weighted by atomic mass is 32.2. The molecule has 1 atom stereocenters. The molecule has 0 bridgehead atoms. The van der Waals surface area contributed by atoms with E-state index >= 15 is 0 Å². The Hall–Kier alpha value is -1.62. The lowest BCUT2D eigenvalue weighted by Gasteiger charge is -2.05. The van der Waals surface area contributed by atoms with E-state index in [2.05, 4.69) is 18.9 Å². The number of nitrogen functional groups attached to an aromatic ring is 1. The van der Waals surface area contributed by atoms with E-state index in [1.165, 1.54) is 0 Å². The molecule has 0 saturated carbocycles. The molecule has 1 aromatic heterocycles. The summed E-state index contributed by atoms with van der Waals surface area (Å²) in [5.41, 5.74) is 8.30. The predicted octanol–water partition coefficient (Wildman–Crippen LogP) is 2.66. The minimum atomic E-state index is -1.08. The van der Waals surface area contributed by atoms with Crippen molar-refractivity contribution < 1.29 is 4.21 Å². The van der Waals surface area contributed by atoms with E-state index in [1.54, 1.807) is 6.07 Å². The fraction of sp³-hybridized carbons (Fsp3) is 0.357. The van der Waals surface area contributed by atoms with Crippen molar-refractivity contribution in [1.82, 2.24) is 9.78 Å². The van der Waals surface area contributed by atoms with Crippen LogP contribution in [0.2, 0.25) is 0 Å². The van der Waals surface area contributed by atoms with Crippen molar-refractivity contribution in [3.63, 3.8) is 0 Å². The van der Waals surface area contributed by atoms with Crippen LogP contribution in [0.25, 0.3) is 0 Å². The van der Waals surface area contributed by atoms with Crippen LogP contribution in [-0.4, -0.2) is 14.0 Å². The third-order valence-corrected chi connectivity index (χ3v) is 4.31. The van der Waals surface area contributed by atoms with Gasteiger partial charge in [0.05, 0.1) is 22.2 Å². The van der Waals surface area contributed by atoms with Gasteiger partial charge in [-0.15, -0.1) is 0 Å². The van der Waals surface area contributed by atoms with Gasteiger partial charge in [0.2, 0.25) is 0 Å². The van der Waals surface area contributed by atoms with Crippen LogP contribution in [0.3, 0.4) is 0 Å². The van der Waals surface area contributed by atoms with Gasteiger partial charge in [-0.3, -0.25) is 8.89 Å². The zero-order chi connectivity index (χ0) is 14.0. The van der Waals surface area contributed by atoms with Crippen LogP contribution in [0, 0.1) is 6.92 Å². The summed E-state index contributed by atoms with van der Waals surface area (Å²) in [4.78, 5) is 0.797. The standard InChI is InChI=1S/C14H19N3OS/c1-10(2)17-7-6-12(16-17)9-19(18)13-4-5-14(15)11(3)8-13/h4-8,10H,9,15H2,1-3H3. The minimum absolute atomic E-state index is 0.320. The smallest absolute Gasteiger partial charge is 0.0753 e. The number of hydrogen-bond acceptors (Lipinski definition) is 3. The fourth-order valence-corrected chi connectivity index (χ4v) is 2.87. The number of aryl methyl sites for hydroxylation is 1. The molecule has 0 aliphatic rings. The Morgan fingerprint density at radius 1 is 1.37 bits per heavy atom. The van der Waals surface area contributed by atoms with Gasteiger partial charge >= 0.3 is 0 Å². The first-order valence-corrected chi connectivity index (χ1v) is 7.58. The van der Waals surface area contributed by atoms with Crippen molar-refractivity contribution in [3.05, 3.63) is 41.7 Å². The Bertz CT molecular complexity index is 604. The van der Waals surface area contributed by atoms with Gasteiger partial charge < -0.3 is 5.73 Å². The van der Waals surface area contributed by atoms with Crippen LogP contribution in [0.15, 0.2) is 35.4 Å². The highest BCUT2D eigenvalue weighted by Gasteiger charge is 2.09. The van der Waals surface area contributed by atoms with Gasteiger partial charge in [0.25, 0.3) is 0 Å². The van der Waals surface area contributed by atoms with Crippen LogP contribution < -0.4 is 5.73 Å². The monoisotopic (exact) mass is 277 g/mol. The van der Waals surface area contributed by atoms with Gasteiger partial charge in [-0.1, -0.05) is 0 Å². The molecule has 0 spiro atoms. The molecule has 1 unspecified atom stereocenters. The maximum absolute atomic E-state index is 12.3. The molecule has 102 valence electrons. The summed E-state index contributed by atoms with van der Waals surface area (Å²) in [6.07, 6.45) is 1.92. The molecule has 2 N–H and O–H groups in total. The molecular weight excluding hydrogens is 258 g/mol. The fourth-order valence-electron chi connectivity index (χ4n) is 1.75. The van der Waals surface area contributed by atoms with Crippen molar-refractivity contribution in [1.29, 1.82) is 0 Å². The van der Waals surface area contributed by atoms with Crippen molar-refractivity contribution >= 4 is 16.5 Å². The summed E-state index contributed by atoms with van der Waals surface area (Å²) >= 11 is 0. The Kier molecular flexibility index (Phi) is 4.04. The number of rotatable bonds is 4. The second-order valence-electron chi connectivity index (χ2n) is 4.89. The van der Waals surface area contributed by atoms with Crippen LogP contribution in [0.1, 0.15) is 31.1 Å². The summed E-state index contributed by atoms with van der Waals surface area (Å²) in [7, 11) is -1.08. The topological polar surface area (TPSA) is 60.9 Å². The highest BCUT2D eigenvalue weighted by Crippen LogP contribution is 2.18. The summed E-state index contributed by atoms with van der Waals surface area (Å²) in [6, 6.07) is 7.74. The molecule has 19 heavy (non-hydrogen) atoms. The molecule has 5 heteroatoms. The summed E-state index contributed by atoms with van der Waals surface area (Å²) in [5, 5.41) is 4.41. The van der Waals surface area contributed by atoms with E-state index in [4.69, 9.17) is 5.73 Å². The quantitative estimate of drug-likeness (QED) is 0.874. The third-order valence-electron chi connectivity index (χ3n) is 2.98. The van der Waals surface area contributed by atoms with E-state index in [-0.39, 0.29) is 0 Å². The summed E-state index contributed by atoms with van der Waals surface area (Å²) in [6.45, 7) is 6.05. The van der Waals surface area contributed by atoms with Crippen LogP contribution in [0.5, 0.6) is 0 Å². The van der Waals surface area contributed by atoms with Crippen molar-refractivity contribution in [2.24, 2.45) is 0 Å². The Balaban J connectivity index is 2.13. The molecule has 0 amide bonds. The molecule has 0 saturated heterocycles. The second-order valence-corrected chi connectivity index (χ2v) is 6.34. The number of benzene rings is 1. The zero-order valence-electron chi connectivity index (χ0n) is 11.5. The summed E-state index contributed by atoms with van der Waals surface area (Å²) < 4.78 is 14.2. The zero-order valence-corrected chi connectivity index (χ0v) is 12.3. The first-order valence-electron chi connectivity index (χ1n) is 6.26. The number of hydrogen-bond donors (Lipinski definition) is 1.